The van der Waals surface area contributed by atoms with Gasteiger partial charge in [-0.3, -0.25) is 10.9 Å². The molecule has 0 saturated carbocycles. The number of nitrogens with zero attached hydrogens (tertiary/aromatic N) is 2. The Kier molecular flexibility index (Phi) is 6.91. The summed E-state index contributed by atoms with van der Waals surface area (Å²) < 4.78 is 0. The molecule has 7 heteroatoms. The van der Waals surface area contributed by atoms with Gasteiger partial charge in [-0.1, -0.05) is 36.4 Å². The SMILES string of the molecule is OC[C@@H](O)[C@@H](O)C(C=NNc1ccccc1)=NNc1ccccc1. The van der Waals surface area contributed by atoms with E-state index >= 15 is 0 Å². The minimum atomic E-state index is -1.38. The molecule has 126 valence electrons. The van der Waals surface area contributed by atoms with E-state index in [1.807, 2.05) is 48.5 Å². The van der Waals surface area contributed by atoms with Crippen molar-refractivity contribution < 1.29 is 15.3 Å². The van der Waals surface area contributed by atoms with E-state index in [9.17, 15) is 10.2 Å². The minimum absolute atomic E-state index is 0.0730. The van der Waals surface area contributed by atoms with E-state index in [-0.39, 0.29) is 5.71 Å². The van der Waals surface area contributed by atoms with Crippen molar-refractivity contribution in [2.24, 2.45) is 10.2 Å². The number of rotatable bonds is 8. The van der Waals surface area contributed by atoms with Crippen LogP contribution in [0.1, 0.15) is 0 Å². The summed E-state index contributed by atoms with van der Waals surface area (Å²) in [5, 5.41) is 36.7. The number of aliphatic hydroxyl groups is 3. The summed E-state index contributed by atoms with van der Waals surface area (Å²) in [6.07, 6.45) is -1.45. The second-order valence-electron chi connectivity index (χ2n) is 4.95. The van der Waals surface area contributed by atoms with Gasteiger partial charge in [-0.25, -0.2) is 0 Å². The summed E-state index contributed by atoms with van der Waals surface area (Å²) in [5.41, 5.74) is 7.11. The Morgan fingerprint density at radius 2 is 1.46 bits per heavy atom. The van der Waals surface area contributed by atoms with E-state index < -0.39 is 18.8 Å². The van der Waals surface area contributed by atoms with Crippen molar-refractivity contribution in [3.63, 3.8) is 0 Å². The molecule has 0 radical (unpaired) electrons. The number of hydrazone groups is 2. The molecule has 0 aliphatic heterocycles. The molecule has 5 N–H and O–H groups in total. The highest BCUT2D eigenvalue weighted by molar-refractivity contribution is 6.33. The van der Waals surface area contributed by atoms with Gasteiger partial charge >= 0.3 is 0 Å². The monoisotopic (exact) mass is 328 g/mol. The van der Waals surface area contributed by atoms with Crippen molar-refractivity contribution in [1.29, 1.82) is 0 Å². The summed E-state index contributed by atoms with van der Waals surface area (Å²) >= 11 is 0. The highest BCUT2D eigenvalue weighted by Gasteiger charge is 2.20. The average molecular weight is 328 g/mol. The molecule has 0 aliphatic rings. The maximum Gasteiger partial charge on any atom is 0.127 e. The van der Waals surface area contributed by atoms with E-state index in [1.54, 1.807) is 12.1 Å². The van der Waals surface area contributed by atoms with E-state index in [1.165, 1.54) is 6.21 Å². The third kappa shape index (κ3) is 5.47. The molecule has 0 amide bonds. The normalized spacial score (nSPS) is 14.4. The predicted molar refractivity (Wildman–Crippen MR) is 95.2 cm³/mol. The lowest BCUT2D eigenvalue weighted by atomic mass is 10.1. The minimum Gasteiger partial charge on any atom is -0.394 e. The maximum atomic E-state index is 10.1. The number of benzene rings is 2. The van der Waals surface area contributed by atoms with Crippen LogP contribution in [0.15, 0.2) is 70.9 Å². The molecular formula is C17H20N4O3. The molecule has 2 atom stereocenters. The fourth-order valence-electron chi connectivity index (χ4n) is 1.80. The standard InChI is InChI=1S/C17H20N4O3/c22-12-16(23)17(24)15(21-20-14-9-5-2-6-10-14)11-18-19-13-7-3-1-4-8-13/h1-11,16-17,19-20,22-24H,12H2/t16-,17+/m1/s1. The van der Waals surface area contributed by atoms with E-state index in [0.29, 0.717) is 5.69 Å². The van der Waals surface area contributed by atoms with Crippen LogP contribution < -0.4 is 10.9 Å². The van der Waals surface area contributed by atoms with Crippen LogP contribution in [0.3, 0.4) is 0 Å². The molecule has 2 rings (SSSR count). The summed E-state index contributed by atoms with van der Waals surface area (Å²) in [4.78, 5) is 0. The lowest BCUT2D eigenvalue weighted by molar-refractivity contribution is 0.0193. The highest BCUT2D eigenvalue weighted by Crippen LogP contribution is 2.06. The molecule has 2 aromatic rings. The van der Waals surface area contributed by atoms with Crippen molar-refractivity contribution in [2.45, 2.75) is 12.2 Å². The van der Waals surface area contributed by atoms with Gasteiger partial charge in [0.2, 0.25) is 0 Å². The predicted octanol–water partition coefficient (Wildman–Crippen LogP) is 1.27. The van der Waals surface area contributed by atoms with Gasteiger partial charge in [0.05, 0.1) is 24.2 Å². The van der Waals surface area contributed by atoms with Crippen LogP contribution in [0, 0.1) is 0 Å². The third-order valence-corrected chi connectivity index (χ3v) is 3.11. The fourth-order valence-corrected chi connectivity index (χ4v) is 1.80. The number of anilines is 2. The van der Waals surface area contributed by atoms with Gasteiger partial charge in [-0.15, -0.1) is 0 Å². The largest absolute Gasteiger partial charge is 0.394 e. The molecule has 2 aromatic carbocycles. The lowest BCUT2D eigenvalue weighted by Crippen LogP contribution is -2.37. The molecule has 0 heterocycles. The molecule has 0 bridgehead atoms. The van der Waals surface area contributed by atoms with Crippen molar-refractivity contribution in [3.8, 4) is 0 Å². The number of hydrogen-bond acceptors (Lipinski definition) is 7. The van der Waals surface area contributed by atoms with E-state index in [2.05, 4.69) is 21.1 Å². The van der Waals surface area contributed by atoms with Crippen LogP contribution in [0.4, 0.5) is 11.4 Å². The first kappa shape index (κ1) is 17.6. The molecule has 24 heavy (non-hydrogen) atoms. The molecule has 0 aromatic heterocycles. The number of nitrogens with one attached hydrogen (secondary N) is 2. The topological polar surface area (TPSA) is 109 Å². The Hall–Kier alpha value is -2.74. The molecule has 0 unspecified atom stereocenters. The summed E-state index contributed by atoms with van der Waals surface area (Å²) in [5.74, 6) is 0. The number of hydrogen-bond donors (Lipinski definition) is 5. The van der Waals surface area contributed by atoms with Gasteiger partial charge in [-0.2, -0.15) is 10.2 Å². The number of para-hydroxylation sites is 2. The van der Waals surface area contributed by atoms with Gasteiger partial charge in [-0.05, 0) is 24.3 Å². The van der Waals surface area contributed by atoms with Crippen LogP contribution in [0.25, 0.3) is 0 Å². The Bertz CT molecular complexity index is 662. The Balaban J connectivity index is 2.10. The summed E-state index contributed by atoms with van der Waals surface area (Å²) in [7, 11) is 0. The zero-order chi connectivity index (χ0) is 17.2. The molecule has 0 saturated heterocycles. The first-order valence-corrected chi connectivity index (χ1v) is 7.40. The van der Waals surface area contributed by atoms with Crippen LogP contribution >= 0.6 is 0 Å². The molecule has 7 nitrogen and oxygen atoms in total. The quantitative estimate of drug-likeness (QED) is 0.370. The second kappa shape index (κ2) is 9.41. The maximum absolute atomic E-state index is 10.1. The highest BCUT2D eigenvalue weighted by atomic mass is 16.4. The van der Waals surface area contributed by atoms with Gasteiger partial charge in [0.1, 0.15) is 17.9 Å². The zero-order valence-electron chi connectivity index (χ0n) is 12.9. The van der Waals surface area contributed by atoms with Crippen molar-refractivity contribution in [3.05, 3.63) is 60.7 Å². The van der Waals surface area contributed by atoms with E-state index in [4.69, 9.17) is 5.11 Å². The van der Waals surface area contributed by atoms with Crippen molar-refractivity contribution in [2.75, 3.05) is 17.5 Å². The lowest BCUT2D eigenvalue weighted by Gasteiger charge is -2.15. The van der Waals surface area contributed by atoms with Crippen LogP contribution in [-0.4, -0.2) is 46.1 Å². The molecular weight excluding hydrogens is 308 g/mol. The molecule has 0 fully saturated rings. The van der Waals surface area contributed by atoms with Gasteiger partial charge in [0.15, 0.2) is 0 Å². The molecule has 0 spiro atoms. The first-order chi connectivity index (χ1) is 11.7. The van der Waals surface area contributed by atoms with Crippen LogP contribution in [0.2, 0.25) is 0 Å². The van der Waals surface area contributed by atoms with Crippen molar-refractivity contribution >= 4 is 23.3 Å². The van der Waals surface area contributed by atoms with Gasteiger partial charge in [0.25, 0.3) is 0 Å². The average Bonchev–Trinajstić information content (AvgIpc) is 2.65. The fraction of sp³-hybridized carbons (Fsp3) is 0.176. The van der Waals surface area contributed by atoms with Crippen LogP contribution in [0.5, 0.6) is 0 Å². The third-order valence-electron chi connectivity index (χ3n) is 3.11. The smallest absolute Gasteiger partial charge is 0.127 e. The number of aliphatic hydroxyl groups excluding tert-OH is 3. The second-order valence-corrected chi connectivity index (χ2v) is 4.95. The van der Waals surface area contributed by atoms with E-state index in [0.717, 1.165) is 5.69 Å². The first-order valence-electron chi connectivity index (χ1n) is 7.40. The zero-order valence-corrected chi connectivity index (χ0v) is 12.9. The summed E-state index contributed by atoms with van der Waals surface area (Å²) in [6, 6.07) is 18.4. The Labute approximate surface area is 140 Å². The van der Waals surface area contributed by atoms with Crippen LogP contribution in [-0.2, 0) is 0 Å². The van der Waals surface area contributed by atoms with Gasteiger partial charge < -0.3 is 15.3 Å². The summed E-state index contributed by atoms with van der Waals surface area (Å²) in [6.45, 7) is -0.592. The Morgan fingerprint density at radius 3 is 2.00 bits per heavy atom. The Morgan fingerprint density at radius 1 is 0.917 bits per heavy atom. The van der Waals surface area contributed by atoms with Gasteiger partial charge in [0, 0.05) is 0 Å². The molecule has 0 aliphatic carbocycles. The van der Waals surface area contributed by atoms with Crippen molar-refractivity contribution in [1.82, 2.24) is 0 Å².